The third kappa shape index (κ3) is 6.00. The number of ether oxygens (including phenoxy) is 2. The van der Waals surface area contributed by atoms with E-state index in [9.17, 15) is 4.57 Å². The molecule has 0 saturated heterocycles. The maximum absolute atomic E-state index is 10.6. The van der Waals surface area contributed by atoms with Crippen molar-refractivity contribution in [3.8, 4) is 16.9 Å². The van der Waals surface area contributed by atoms with Gasteiger partial charge in [-0.1, -0.05) is 42.5 Å². The summed E-state index contributed by atoms with van der Waals surface area (Å²) in [5.74, 6) is 0.735. The Morgan fingerprint density at radius 3 is 2.09 bits per heavy atom. The summed E-state index contributed by atoms with van der Waals surface area (Å²) in [6.45, 7) is 0.660. The Morgan fingerprint density at radius 1 is 0.818 bits per heavy atom. The summed E-state index contributed by atoms with van der Waals surface area (Å²) in [4.78, 5) is 17.3. The standard InChI is InChI=1S/C16H19O5P/c17-22(18,19)13-12-20-10-11-21-16-8-6-15(7-9-16)14-4-2-1-3-5-14/h1-9H,10-13H2,(H2,17,18,19). The Labute approximate surface area is 129 Å². The average Bonchev–Trinajstić information content (AvgIpc) is 2.51. The van der Waals surface area contributed by atoms with Crippen LogP contribution in [0.3, 0.4) is 0 Å². The van der Waals surface area contributed by atoms with E-state index in [1.807, 2.05) is 54.6 Å². The lowest BCUT2D eigenvalue weighted by Crippen LogP contribution is -2.09. The molecule has 0 atom stereocenters. The van der Waals surface area contributed by atoms with Crippen LogP contribution in [-0.4, -0.2) is 35.8 Å². The maximum atomic E-state index is 10.6. The van der Waals surface area contributed by atoms with Crippen LogP contribution in [0.2, 0.25) is 0 Å². The second-order valence-corrected chi connectivity index (χ2v) is 6.52. The number of hydrogen-bond donors (Lipinski definition) is 2. The molecule has 6 heteroatoms. The molecule has 0 unspecified atom stereocenters. The Bertz CT molecular complexity index is 606. The van der Waals surface area contributed by atoms with E-state index >= 15 is 0 Å². The molecule has 0 aliphatic carbocycles. The highest BCUT2D eigenvalue weighted by Gasteiger charge is 2.11. The highest BCUT2D eigenvalue weighted by Crippen LogP contribution is 2.33. The molecule has 0 spiro atoms. The van der Waals surface area contributed by atoms with Gasteiger partial charge in [0, 0.05) is 0 Å². The molecule has 0 heterocycles. The smallest absolute Gasteiger partial charge is 0.327 e. The van der Waals surface area contributed by atoms with Gasteiger partial charge in [0.05, 0.1) is 19.4 Å². The normalized spacial score (nSPS) is 11.4. The molecule has 0 aliphatic heterocycles. The molecule has 5 nitrogen and oxygen atoms in total. The molecule has 0 saturated carbocycles. The van der Waals surface area contributed by atoms with Gasteiger partial charge in [-0.3, -0.25) is 4.57 Å². The highest BCUT2D eigenvalue weighted by atomic mass is 31.2. The minimum Gasteiger partial charge on any atom is -0.491 e. The van der Waals surface area contributed by atoms with Crippen molar-refractivity contribution < 1.29 is 23.8 Å². The van der Waals surface area contributed by atoms with Gasteiger partial charge in [0.2, 0.25) is 0 Å². The van der Waals surface area contributed by atoms with Crippen LogP contribution in [0.4, 0.5) is 0 Å². The van der Waals surface area contributed by atoms with Crippen LogP contribution in [0.25, 0.3) is 11.1 Å². The molecule has 2 aromatic rings. The van der Waals surface area contributed by atoms with Crippen LogP contribution < -0.4 is 4.74 Å². The lowest BCUT2D eigenvalue weighted by atomic mass is 10.1. The van der Waals surface area contributed by atoms with Crippen molar-refractivity contribution in [2.24, 2.45) is 0 Å². The molecule has 0 aromatic heterocycles. The van der Waals surface area contributed by atoms with Gasteiger partial charge in [0.15, 0.2) is 0 Å². The molecule has 0 bridgehead atoms. The van der Waals surface area contributed by atoms with Gasteiger partial charge in [0.25, 0.3) is 0 Å². The summed E-state index contributed by atoms with van der Waals surface area (Å²) in [6.07, 6.45) is -0.265. The van der Waals surface area contributed by atoms with Crippen molar-refractivity contribution in [3.05, 3.63) is 54.6 Å². The molecular weight excluding hydrogens is 303 g/mol. The Hall–Kier alpha value is -1.65. The number of rotatable bonds is 8. The average molecular weight is 322 g/mol. The van der Waals surface area contributed by atoms with Crippen molar-refractivity contribution in [1.29, 1.82) is 0 Å². The first kappa shape index (κ1) is 16.7. The minimum atomic E-state index is -3.97. The lowest BCUT2D eigenvalue weighted by molar-refractivity contribution is 0.109. The molecule has 2 aromatic carbocycles. The largest absolute Gasteiger partial charge is 0.491 e. The lowest BCUT2D eigenvalue weighted by Gasteiger charge is -2.08. The van der Waals surface area contributed by atoms with Crippen LogP contribution in [0, 0.1) is 0 Å². The zero-order chi connectivity index (χ0) is 15.8. The molecule has 0 fully saturated rings. The fraction of sp³-hybridized carbons (Fsp3) is 0.250. The molecular formula is C16H19O5P. The van der Waals surface area contributed by atoms with Crippen molar-refractivity contribution in [2.45, 2.75) is 0 Å². The van der Waals surface area contributed by atoms with E-state index in [1.54, 1.807) is 0 Å². The predicted molar refractivity (Wildman–Crippen MR) is 85.1 cm³/mol. The molecule has 0 amide bonds. The van der Waals surface area contributed by atoms with E-state index in [0.29, 0.717) is 13.2 Å². The van der Waals surface area contributed by atoms with Crippen LogP contribution in [-0.2, 0) is 9.30 Å². The first-order chi connectivity index (χ1) is 10.5. The Kier molecular flexibility index (Phi) is 6.16. The Morgan fingerprint density at radius 2 is 1.45 bits per heavy atom. The van der Waals surface area contributed by atoms with Gasteiger partial charge in [-0.15, -0.1) is 0 Å². The summed E-state index contributed by atoms with van der Waals surface area (Å²) < 4.78 is 21.2. The van der Waals surface area contributed by atoms with Crippen LogP contribution in [0.5, 0.6) is 5.75 Å². The summed E-state index contributed by atoms with van der Waals surface area (Å²) in [6, 6.07) is 17.8. The molecule has 2 N–H and O–H groups in total. The zero-order valence-electron chi connectivity index (χ0n) is 12.1. The van der Waals surface area contributed by atoms with E-state index in [2.05, 4.69) is 0 Å². The quantitative estimate of drug-likeness (QED) is 0.577. The first-order valence-electron chi connectivity index (χ1n) is 6.95. The Balaban J connectivity index is 1.72. The summed E-state index contributed by atoms with van der Waals surface area (Å²) in [5, 5.41) is 0. The van der Waals surface area contributed by atoms with Crippen molar-refractivity contribution >= 4 is 7.60 Å². The second kappa shape index (κ2) is 8.11. The topological polar surface area (TPSA) is 76.0 Å². The molecule has 22 heavy (non-hydrogen) atoms. The second-order valence-electron chi connectivity index (χ2n) is 4.74. The summed E-state index contributed by atoms with van der Waals surface area (Å²) in [7, 11) is -3.97. The van der Waals surface area contributed by atoms with Gasteiger partial charge >= 0.3 is 7.60 Å². The zero-order valence-corrected chi connectivity index (χ0v) is 13.0. The van der Waals surface area contributed by atoms with E-state index in [0.717, 1.165) is 16.9 Å². The van der Waals surface area contributed by atoms with E-state index in [-0.39, 0.29) is 12.8 Å². The SMILES string of the molecule is O=P(O)(O)CCOCCOc1ccc(-c2ccccc2)cc1. The molecule has 0 aliphatic rings. The van der Waals surface area contributed by atoms with E-state index in [4.69, 9.17) is 19.3 Å². The third-order valence-corrected chi connectivity index (χ3v) is 3.75. The minimum absolute atomic E-state index is 0.0284. The van der Waals surface area contributed by atoms with Gasteiger partial charge in [0.1, 0.15) is 12.4 Å². The van der Waals surface area contributed by atoms with Gasteiger partial charge < -0.3 is 19.3 Å². The maximum Gasteiger partial charge on any atom is 0.327 e. The monoisotopic (exact) mass is 322 g/mol. The van der Waals surface area contributed by atoms with Gasteiger partial charge in [-0.05, 0) is 23.3 Å². The summed E-state index contributed by atoms with van der Waals surface area (Å²) >= 11 is 0. The van der Waals surface area contributed by atoms with Gasteiger partial charge in [-0.2, -0.15) is 0 Å². The van der Waals surface area contributed by atoms with Gasteiger partial charge in [-0.25, -0.2) is 0 Å². The van der Waals surface area contributed by atoms with Crippen molar-refractivity contribution in [3.63, 3.8) is 0 Å². The van der Waals surface area contributed by atoms with Crippen LogP contribution in [0.1, 0.15) is 0 Å². The first-order valence-corrected chi connectivity index (χ1v) is 8.75. The molecule has 0 radical (unpaired) electrons. The fourth-order valence-electron chi connectivity index (χ4n) is 1.88. The fourth-order valence-corrected chi connectivity index (χ4v) is 2.25. The van der Waals surface area contributed by atoms with Crippen LogP contribution in [0.15, 0.2) is 54.6 Å². The van der Waals surface area contributed by atoms with Crippen LogP contribution >= 0.6 is 7.60 Å². The molecule has 2 rings (SSSR count). The predicted octanol–water partition coefficient (Wildman–Crippen LogP) is 2.93. The summed E-state index contributed by atoms with van der Waals surface area (Å²) in [5.41, 5.74) is 2.26. The molecule has 118 valence electrons. The van der Waals surface area contributed by atoms with E-state index < -0.39 is 7.60 Å². The third-order valence-electron chi connectivity index (χ3n) is 2.98. The number of hydrogen-bond acceptors (Lipinski definition) is 3. The van der Waals surface area contributed by atoms with Crippen molar-refractivity contribution in [2.75, 3.05) is 26.0 Å². The van der Waals surface area contributed by atoms with E-state index in [1.165, 1.54) is 0 Å². The number of benzene rings is 2. The van der Waals surface area contributed by atoms with Crippen molar-refractivity contribution in [1.82, 2.24) is 0 Å². The highest BCUT2D eigenvalue weighted by molar-refractivity contribution is 7.51.